The highest BCUT2D eigenvalue weighted by Crippen LogP contribution is 2.28. The molecule has 3 heteroatoms. The first kappa shape index (κ1) is 18.6. The molecule has 0 bridgehead atoms. The first-order valence-corrected chi connectivity index (χ1v) is 8.90. The van der Waals surface area contributed by atoms with E-state index >= 15 is 0 Å². The average molecular weight is 358 g/mol. The standard InChI is InChI=1S/C24H22O3/c1-24(2,16-15-22(25)27-17-18-9-4-3-5-10-18)23(26)21-14-8-12-19-11-6-7-13-20(19)21/h3-16H,17H2,1-2H3/b16-15+. The first-order valence-electron chi connectivity index (χ1n) is 8.90. The third kappa shape index (κ3) is 4.50. The Balaban J connectivity index is 1.72. The SMILES string of the molecule is CC(C)(/C=C/C(=O)OCc1ccccc1)C(=O)c1cccc2ccccc12. The van der Waals surface area contributed by atoms with Crippen LogP contribution in [-0.2, 0) is 16.1 Å². The molecule has 0 spiro atoms. The Hall–Kier alpha value is -3.20. The van der Waals surface area contributed by atoms with Crippen LogP contribution in [0.3, 0.4) is 0 Å². The van der Waals surface area contributed by atoms with Gasteiger partial charge in [-0.3, -0.25) is 4.79 Å². The third-order valence-electron chi connectivity index (χ3n) is 4.48. The molecule has 0 heterocycles. The fraction of sp³-hybridized carbons (Fsp3) is 0.167. The molecule has 0 amide bonds. The maximum absolute atomic E-state index is 13.1. The summed E-state index contributed by atoms with van der Waals surface area (Å²) >= 11 is 0. The van der Waals surface area contributed by atoms with Gasteiger partial charge >= 0.3 is 5.97 Å². The molecule has 136 valence electrons. The van der Waals surface area contributed by atoms with E-state index in [1.807, 2.05) is 72.8 Å². The van der Waals surface area contributed by atoms with Gasteiger partial charge in [-0.15, -0.1) is 0 Å². The third-order valence-corrected chi connectivity index (χ3v) is 4.48. The molecule has 0 aliphatic rings. The zero-order chi connectivity index (χ0) is 19.3. The molecule has 0 aromatic heterocycles. The van der Waals surface area contributed by atoms with E-state index in [4.69, 9.17) is 4.74 Å². The van der Waals surface area contributed by atoms with Crippen LogP contribution in [0.1, 0.15) is 29.8 Å². The van der Waals surface area contributed by atoms with Crippen molar-refractivity contribution in [3.05, 3.63) is 96.1 Å². The zero-order valence-corrected chi connectivity index (χ0v) is 15.5. The quantitative estimate of drug-likeness (QED) is 0.339. The number of allylic oxidation sites excluding steroid dienone is 1. The number of carbonyl (C=O) groups is 2. The molecule has 0 fully saturated rings. The van der Waals surface area contributed by atoms with Gasteiger partial charge in [0.15, 0.2) is 5.78 Å². The molecule has 3 aromatic carbocycles. The summed E-state index contributed by atoms with van der Waals surface area (Å²) in [4.78, 5) is 25.1. The molecule has 0 saturated heterocycles. The number of Topliss-reactive ketones (excluding diaryl/α,β-unsaturated/α-hetero) is 1. The van der Waals surface area contributed by atoms with Gasteiger partial charge in [0.2, 0.25) is 0 Å². The number of carbonyl (C=O) groups excluding carboxylic acids is 2. The second-order valence-corrected chi connectivity index (χ2v) is 7.00. The van der Waals surface area contributed by atoms with Crippen molar-refractivity contribution in [3.8, 4) is 0 Å². The second kappa shape index (κ2) is 8.00. The Bertz CT molecular complexity index is 979. The average Bonchev–Trinajstić information content (AvgIpc) is 2.70. The number of ether oxygens (including phenoxy) is 1. The van der Waals surface area contributed by atoms with Crippen molar-refractivity contribution in [1.29, 1.82) is 0 Å². The number of hydrogen-bond acceptors (Lipinski definition) is 3. The van der Waals surface area contributed by atoms with Crippen molar-refractivity contribution in [2.45, 2.75) is 20.5 Å². The van der Waals surface area contributed by atoms with E-state index in [1.165, 1.54) is 6.08 Å². The van der Waals surface area contributed by atoms with E-state index in [2.05, 4.69) is 0 Å². The zero-order valence-electron chi connectivity index (χ0n) is 15.5. The Kier molecular flexibility index (Phi) is 5.51. The summed E-state index contributed by atoms with van der Waals surface area (Å²) in [5, 5.41) is 1.93. The lowest BCUT2D eigenvalue weighted by atomic mass is 9.82. The summed E-state index contributed by atoms with van der Waals surface area (Å²) in [6.45, 7) is 3.82. The molecule has 3 nitrogen and oxygen atoms in total. The highest BCUT2D eigenvalue weighted by molar-refractivity contribution is 6.11. The van der Waals surface area contributed by atoms with Crippen molar-refractivity contribution in [3.63, 3.8) is 0 Å². The van der Waals surface area contributed by atoms with Crippen molar-refractivity contribution in [2.75, 3.05) is 0 Å². The lowest BCUT2D eigenvalue weighted by Crippen LogP contribution is -2.22. The molecule has 3 aromatic rings. The smallest absolute Gasteiger partial charge is 0.330 e. The van der Waals surface area contributed by atoms with Crippen LogP contribution in [0.15, 0.2) is 84.9 Å². The highest BCUT2D eigenvalue weighted by atomic mass is 16.5. The summed E-state index contributed by atoms with van der Waals surface area (Å²) in [5.74, 6) is -0.496. The van der Waals surface area contributed by atoms with Gasteiger partial charge in [-0.05, 0) is 30.2 Å². The van der Waals surface area contributed by atoms with Gasteiger partial charge in [-0.1, -0.05) is 78.9 Å². The van der Waals surface area contributed by atoms with Gasteiger partial charge < -0.3 is 4.74 Å². The molecule has 0 saturated carbocycles. The number of benzene rings is 3. The predicted octanol–water partition coefficient (Wildman–Crippen LogP) is 5.35. The first-order chi connectivity index (χ1) is 13.0. The number of fused-ring (bicyclic) bond motifs is 1. The Labute approximate surface area is 159 Å². The van der Waals surface area contributed by atoms with E-state index < -0.39 is 11.4 Å². The minimum atomic E-state index is -0.824. The lowest BCUT2D eigenvalue weighted by Gasteiger charge is -2.19. The van der Waals surface area contributed by atoms with Gasteiger partial charge in [-0.2, -0.15) is 0 Å². The Morgan fingerprint density at radius 2 is 1.56 bits per heavy atom. The fourth-order valence-electron chi connectivity index (χ4n) is 2.90. The largest absolute Gasteiger partial charge is 0.458 e. The topological polar surface area (TPSA) is 43.4 Å². The number of esters is 1. The van der Waals surface area contributed by atoms with E-state index in [9.17, 15) is 9.59 Å². The molecular formula is C24H22O3. The summed E-state index contributed by atoms with van der Waals surface area (Å²) in [5.41, 5.74) is 0.751. The number of hydrogen-bond donors (Lipinski definition) is 0. The summed E-state index contributed by atoms with van der Waals surface area (Å²) in [6.07, 6.45) is 2.95. The molecule has 3 rings (SSSR count). The number of ketones is 1. The molecule has 27 heavy (non-hydrogen) atoms. The van der Waals surface area contributed by atoms with Gasteiger partial charge in [0, 0.05) is 17.1 Å². The molecule has 0 N–H and O–H groups in total. The van der Waals surface area contributed by atoms with Crippen molar-refractivity contribution in [2.24, 2.45) is 5.41 Å². The van der Waals surface area contributed by atoms with Crippen molar-refractivity contribution < 1.29 is 14.3 Å². The van der Waals surface area contributed by atoms with Crippen molar-refractivity contribution in [1.82, 2.24) is 0 Å². The maximum atomic E-state index is 13.1. The molecule has 0 unspecified atom stereocenters. The van der Waals surface area contributed by atoms with Crippen LogP contribution in [0.5, 0.6) is 0 Å². The minimum Gasteiger partial charge on any atom is -0.458 e. The minimum absolute atomic E-state index is 0.0357. The van der Waals surface area contributed by atoms with Gasteiger partial charge in [0.1, 0.15) is 6.61 Å². The summed E-state index contributed by atoms with van der Waals surface area (Å²) < 4.78 is 5.24. The normalized spacial score (nSPS) is 11.6. The van der Waals surface area contributed by atoms with Crippen LogP contribution in [0.25, 0.3) is 10.8 Å². The van der Waals surface area contributed by atoms with Crippen molar-refractivity contribution >= 4 is 22.5 Å². The van der Waals surface area contributed by atoms with Crippen LogP contribution in [0.2, 0.25) is 0 Å². The van der Waals surface area contributed by atoms with Crippen LogP contribution in [0, 0.1) is 5.41 Å². The van der Waals surface area contributed by atoms with Crippen LogP contribution >= 0.6 is 0 Å². The van der Waals surface area contributed by atoms with Crippen LogP contribution in [0.4, 0.5) is 0 Å². The maximum Gasteiger partial charge on any atom is 0.330 e. The molecule has 0 aliphatic carbocycles. The Morgan fingerprint density at radius 3 is 2.33 bits per heavy atom. The molecule has 0 aliphatic heterocycles. The Morgan fingerprint density at radius 1 is 0.889 bits per heavy atom. The van der Waals surface area contributed by atoms with E-state index in [0.29, 0.717) is 5.56 Å². The molecule has 0 atom stereocenters. The van der Waals surface area contributed by atoms with E-state index in [1.54, 1.807) is 19.9 Å². The molecule has 0 radical (unpaired) electrons. The summed E-state index contributed by atoms with van der Waals surface area (Å²) in [6, 6.07) is 23.0. The monoisotopic (exact) mass is 358 g/mol. The number of rotatable bonds is 6. The van der Waals surface area contributed by atoms with Crippen LogP contribution < -0.4 is 0 Å². The second-order valence-electron chi connectivity index (χ2n) is 7.00. The summed E-state index contributed by atoms with van der Waals surface area (Å²) in [7, 11) is 0. The lowest BCUT2D eigenvalue weighted by molar-refractivity contribution is -0.139. The molecular weight excluding hydrogens is 336 g/mol. The van der Waals surface area contributed by atoms with E-state index in [0.717, 1.165) is 16.3 Å². The van der Waals surface area contributed by atoms with Crippen LogP contribution in [-0.4, -0.2) is 11.8 Å². The van der Waals surface area contributed by atoms with Gasteiger partial charge in [0.25, 0.3) is 0 Å². The van der Waals surface area contributed by atoms with Gasteiger partial charge in [0.05, 0.1) is 0 Å². The van der Waals surface area contributed by atoms with E-state index in [-0.39, 0.29) is 12.4 Å². The fourth-order valence-corrected chi connectivity index (χ4v) is 2.90. The van der Waals surface area contributed by atoms with Gasteiger partial charge in [-0.25, -0.2) is 4.79 Å². The predicted molar refractivity (Wildman–Crippen MR) is 107 cm³/mol. The highest BCUT2D eigenvalue weighted by Gasteiger charge is 2.27.